The quantitative estimate of drug-likeness (QED) is 0.356. The first-order valence-corrected chi connectivity index (χ1v) is 10.7. The van der Waals surface area contributed by atoms with Crippen LogP contribution in [0.4, 0.5) is 10.9 Å². The second-order valence-corrected chi connectivity index (χ2v) is 8.13. The van der Waals surface area contributed by atoms with Crippen LogP contribution in [0.1, 0.15) is 11.4 Å². The van der Waals surface area contributed by atoms with Gasteiger partial charge in [-0.1, -0.05) is 66.2 Å². The zero-order valence-corrected chi connectivity index (χ0v) is 17.6. The highest BCUT2D eigenvalue weighted by atomic mass is 32.1. The lowest BCUT2D eigenvalue weighted by Gasteiger charge is -2.07. The molecule has 0 aliphatic heterocycles. The van der Waals surface area contributed by atoms with Crippen LogP contribution in [0.5, 0.6) is 0 Å². The van der Waals surface area contributed by atoms with Crippen molar-refractivity contribution >= 4 is 33.1 Å². The lowest BCUT2D eigenvalue weighted by Crippen LogP contribution is -1.98. The van der Waals surface area contributed by atoms with Crippen molar-refractivity contribution in [2.24, 2.45) is 0 Å². The summed E-state index contributed by atoms with van der Waals surface area (Å²) in [6, 6.07) is 25.1. The van der Waals surface area contributed by atoms with Crippen LogP contribution in [0, 0.1) is 13.8 Å². The molecule has 0 aliphatic carbocycles. The number of anilines is 2. The van der Waals surface area contributed by atoms with E-state index in [1.807, 2.05) is 13.0 Å². The van der Waals surface area contributed by atoms with Gasteiger partial charge in [-0.05, 0) is 30.7 Å². The second-order valence-electron chi connectivity index (χ2n) is 7.28. The van der Waals surface area contributed by atoms with Crippen LogP contribution in [-0.4, -0.2) is 15.0 Å². The highest BCUT2D eigenvalue weighted by molar-refractivity contribution is 7.14. The molecule has 0 saturated carbocycles. The molecule has 5 aromatic rings. The van der Waals surface area contributed by atoms with Gasteiger partial charge in [-0.2, -0.15) is 0 Å². The summed E-state index contributed by atoms with van der Waals surface area (Å²) in [6.07, 6.45) is 0. The van der Waals surface area contributed by atoms with Gasteiger partial charge in [0, 0.05) is 22.6 Å². The molecule has 0 bridgehead atoms. The van der Waals surface area contributed by atoms with E-state index in [0.717, 1.165) is 39.3 Å². The van der Waals surface area contributed by atoms with E-state index in [1.165, 1.54) is 16.3 Å². The molecule has 2 heterocycles. The molecule has 0 radical (unpaired) electrons. The first kappa shape index (κ1) is 18.5. The molecule has 146 valence electrons. The van der Waals surface area contributed by atoms with E-state index in [0.29, 0.717) is 0 Å². The van der Waals surface area contributed by atoms with E-state index in [9.17, 15) is 0 Å². The van der Waals surface area contributed by atoms with E-state index in [4.69, 9.17) is 4.98 Å². The Morgan fingerprint density at radius 2 is 1.47 bits per heavy atom. The largest absolute Gasteiger partial charge is 0.316 e. The first-order valence-electron chi connectivity index (χ1n) is 9.78. The van der Waals surface area contributed by atoms with Gasteiger partial charge in [-0.25, -0.2) is 15.0 Å². The Balaban J connectivity index is 1.42. The summed E-state index contributed by atoms with van der Waals surface area (Å²) in [6.45, 7) is 3.99. The molecule has 4 nitrogen and oxygen atoms in total. The molecule has 0 unspecified atom stereocenters. The SMILES string of the molecule is Cc1ccc(-c2cc(Nc3nc(-c4ccc5ccccc5c4)cs3)nc(C)n2)cc1. The Morgan fingerprint density at radius 1 is 0.700 bits per heavy atom. The Morgan fingerprint density at radius 3 is 2.30 bits per heavy atom. The number of nitrogens with one attached hydrogen (secondary N) is 1. The molecule has 0 aliphatic rings. The Labute approximate surface area is 179 Å². The minimum atomic E-state index is 0.724. The van der Waals surface area contributed by atoms with E-state index in [-0.39, 0.29) is 0 Å². The number of fused-ring (bicyclic) bond motifs is 1. The van der Waals surface area contributed by atoms with Crippen molar-refractivity contribution in [3.63, 3.8) is 0 Å². The van der Waals surface area contributed by atoms with Crippen molar-refractivity contribution < 1.29 is 0 Å². The molecule has 1 N–H and O–H groups in total. The van der Waals surface area contributed by atoms with Gasteiger partial charge in [-0.15, -0.1) is 11.3 Å². The van der Waals surface area contributed by atoms with E-state index in [2.05, 4.69) is 94.3 Å². The summed E-state index contributed by atoms with van der Waals surface area (Å²) >= 11 is 1.57. The molecule has 0 saturated heterocycles. The van der Waals surface area contributed by atoms with Crippen molar-refractivity contribution in [1.29, 1.82) is 0 Å². The van der Waals surface area contributed by atoms with E-state index < -0.39 is 0 Å². The number of thiazole rings is 1. The molecular formula is C25H20N4S. The highest BCUT2D eigenvalue weighted by Gasteiger charge is 2.09. The summed E-state index contributed by atoms with van der Waals surface area (Å²) in [5.74, 6) is 1.47. The third kappa shape index (κ3) is 3.80. The van der Waals surface area contributed by atoms with E-state index in [1.54, 1.807) is 11.3 Å². The number of aromatic nitrogens is 3. The number of nitrogens with zero attached hydrogens (tertiary/aromatic N) is 3. The number of aryl methyl sites for hydroxylation is 2. The van der Waals surface area contributed by atoms with Gasteiger partial charge in [0.1, 0.15) is 11.6 Å². The van der Waals surface area contributed by atoms with Crippen molar-refractivity contribution in [2.75, 3.05) is 5.32 Å². The summed E-state index contributed by atoms with van der Waals surface area (Å²) in [5.41, 5.74) is 5.27. The number of rotatable bonds is 4. The van der Waals surface area contributed by atoms with Gasteiger partial charge >= 0.3 is 0 Å². The lowest BCUT2D eigenvalue weighted by atomic mass is 10.1. The maximum Gasteiger partial charge on any atom is 0.188 e. The summed E-state index contributed by atoms with van der Waals surface area (Å²) in [5, 5.41) is 8.68. The van der Waals surface area contributed by atoms with Crippen LogP contribution < -0.4 is 5.32 Å². The minimum absolute atomic E-state index is 0.724. The minimum Gasteiger partial charge on any atom is -0.316 e. The summed E-state index contributed by atoms with van der Waals surface area (Å²) < 4.78 is 0. The topological polar surface area (TPSA) is 50.7 Å². The third-order valence-corrected chi connectivity index (χ3v) is 5.73. The molecule has 2 aromatic heterocycles. The molecule has 3 aromatic carbocycles. The highest BCUT2D eigenvalue weighted by Crippen LogP contribution is 2.30. The maximum absolute atomic E-state index is 4.77. The molecule has 5 heteroatoms. The van der Waals surface area contributed by atoms with Crippen molar-refractivity contribution in [1.82, 2.24) is 15.0 Å². The molecule has 30 heavy (non-hydrogen) atoms. The van der Waals surface area contributed by atoms with Gasteiger partial charge in [-0.3, -0.25) is 0 Å². The average Bonchev–Trinajstić information content (AvgIpc) is 3.22. The lowest BCUT2D eigenvalue weighted by molar-refractivity contribution is 1.06. The molecule has 5 rings (SSSR count). The van der Waals surface area contributed by atoms with Gasteiger partial charge in [0.05, 0.1) is 11.4 Å². The Kier molecular flexibility index (Phi) is 4.73. The predicted molar refractivity (Wildman–Crippen MR) is 125 cm³/mol. The number of benzene rings is 3. The molecule has 0 atom stereocenters. The fourth-order valence-electron chi connectivity index (χ4n) is 3.43. The van der Waals surface area contributed by atoms with Crippen LogP contribution in [0.2, 0.25) is 0 Å². The van der Waals surface area contributed by atoms with Gasteiger partial charge in [0.15, 0.2) is 5.13 Å². The fourth-order valence-corrected chi connectivity index (χ4v) is 4.15. The number of hydrogen-bond acceptors (Lipinski definition) is 5. The van der Waals surface area contributed by atoms with Crippen molar-refractivity contribution in [2.45, 2.75) is 13.8 Å². The summed E-state index contributed by atoms with van der Waals surface area (Å²) in [4.78, 5) is 13.9. The standard InChI is InChI=1S/C25H20N4S/c1-16-7-9-19(10-8-16)22-14-24(27-17(2)26-22)29-25-28-23(15-30-25)21-12-11-18-5-3-4-6-20(18)13-21/h3-15H,1-2H3,(H,26,27,28,29). The zero-order valence-electron chi connectivity index (χ0n) is 16.8. The third-order valence-electron chi connectivity index (χ3n) is 4.97. The van der Waals surface area contributed by atoms with Crippen LogP contribution in [-0.2, 0) is 0 Å². The average molecular weight is 409 g/mol. The van der Waals surface area contributed by atoms with Crippen LogP contribution in [0.3, 0.4) is 0 Å². The van der Waals surface area contributed by atoms with Crippen LogP contribution in [0.15, 0.2) is 78.2 Å². The fraction of sp³-hybridized carbons (Fsp3) is 0.0800. The zero-order chi connectivity index (χ0) is 20.5. The van der Waals surface area contributed by atoms with Crippen molar-refractivity contribution in [3.8, 4) is 22.5 Å². The van der Waals surface area contributed by atoms with Crippen LogP contribution >= 0.6 is 11.3 Å². The molecular weight excluding hydrogens is 388 g/mol. The predicted octanol–water partition coefficient (Wildman–Crippen LogP) is 6.78. The van der Waals surface area contributed by atoms with Crippen LogP contribution in [0.25, 0.3) is 33.3 Å². The van der Waals surface area contributed by atoms with Crippen molar-refractivity contribution in [3.05, 3.63) is 89.6 Å². The van der Waals surface area contributed by atoms with E-state index >= 15 is 0 Å². The first-order chi connectivity index (χ1) is 14.6. The van der Waals surface area contributed by atoms with Gasteiger partial charge in [0.2, 0.25) is 0 Å². The Bertz CT molecular complexity index is 1340. The molecule has 0 amide bonds. The smallest absolute Gasteiger partial charge is 0.188 e. The maximum atomic E-state index is 4.77. The normalized spacial score (nSPS) is 11.0. The second kappa shape index (κ2) is 7.69. The van der Waals surface area contributed by atoms with Gasteiger partial charge < -0.3 is 5.32 Å². The monoisotopic (exact) mass is 408 g/mol. The summed E-state index contributed by atoms with van der Waals surface area (Å²) in [7, 11) is 0. The molecule has 0 fully saturated rings. The van der Waals surface area contributed by atoms with Gasteiger partial charge in [0.25, 0.3) is 0 Å². The number of hydrogen-bond donors (Lipinski definition) is 1. The molecule has 0 spiro atoms. The Hall–Kier alpha value is -3.57.